The molecule has 1 saturated carbocycles. The van der Waals surface area contributed by atoms with Gasteiger partial charge in [-0.1, -0.05) is 12.8 Å². The average molecular weight is 237 g/mol. The van der Waals surface area contributed by atoms with Crippen molar-refractivity contribution in [3.8, 4) is 11.8 Å². The fourth-order valence-corrected chi connectivity index (χ4v) is 1.69. The average Bonchev–Trinajstić information content (AvgIpc) is 3.18. The molecular weight excluding hydrogens is 218 g/mol. The van der Waals surface area contributed by atoms with Gasteiger partial charge < -0.3 is 14.8 Å². The molecule has 1 aliphatic rings. The summed E-state index contributed by atoms with van der Waals surface area (Å²) in [6, 6.07) is 1.66. The van der Waals surface area contributed by atoms with Crippen LogP contribution in [0, 0.1) is 5.92 Å². The molecule has 0 radical (unpaired) electrons. The van der Waals surface area contributed by atoms with Crippen LogP contribution >= 0.6 is 0 Å². The quantitative estimate of drug-likeness (QED) is 0.736. The highest BCUT2D eigenvalue weighted by atomic mass is 16.5. The van der Waals surface area contributed by atoms with Crippen molar-refractivity contribution in [2.45, 2.75) is 25.7 Å². The van der Waals surface area contributed by atoms with Crippen LogP contribution < -0.4 is 14.8 Å². The van der Waals surface area contributed by atoms with E-state index in [1.807, 2.05) is 0 Å². The van der Waals surface area contributed by atoms with Gasteiger partial charge in [0.25, 0.3) is 0 Å². The van der Waals surface area contributed by atoms with E-state index in [2.05, 4.69) is 15.3 Å². The van der Waals surface area contributed by atoms with Crippen molar-refractivity contribution in [1.82, 2.24) is 9.97 Å². The van der Waals surface area contributed by atoms with Gasteiger partial charge in [-0.25, -0.2) is 0 Å². The second kappa shape index (κ2) is 5.70. The molecule has 94 valence electrons. The van der Waals surface area contributed by atoms with Gasteiger partial charge >= 0.3 is 0 Å². The number of ether oxygens (including phenoxy) is 2. The Kier molecular flexibility index (Phi) is 4.01. The van der Waals surface area contributed by atoms with Crippen molar-refractivity contribution < 1.29 is 9.47 Å². The third kappa shape index (κ3) is 3.76. The molecule has 1 N–H and O–H groups in total. The van der Waals surface area contributed by atoms with E-state index in [-0.39, 0.29) is 0 Å². The minimum Gasteiger partial charge on any atom is -0.481 e. The van der Waals surface area contributed by atoms with Gasteiger partial charge in [-0.2, -0.15) is 9.97 Å². The molecule has 0 saturated heterocycles. The van der Waals surface area contributed by atoms with Crippen LogP contribution in [0.25, 0.3) is 0 Å². The summed E-state index contributed by atoms with van der Waals surface area (Å²) in [5.74, 6) is 2.57. The standard InChI is InChI=1S/C12H19N3O2/c1-16-10-8-11(17-2)15-12(14-10)13-7-3-4-9-5-6-9/h8-9H,3-7H2,1-2H3,(H,13,14,15). The first-order valence-corrected chi connectivity index (χ1v) is 6.02. The lowest BCUT2D eigenvalue weighted by molar-refractivity contribution is 0.373. The number of hydrogen-bond donors (Lipinski definition) is 1. The molecule has 17 heavy (non-hydrogen) atoms. The summed E-state index contributed by atoms with van der Waals surface area (Å²) in [7, 11) is 3.16. The van der Waals surface area contributed by atoms with E-state index in [0.29, 0.717) is 17.7 Å². The highest BCUT2D eigenvalue weighted by molar-refractivity contribution is 5.33. The molecule has 0 bridgehead atoms. The number of hydrogen-bond acceptors (Lipinski definition) is 5. The fraction of sp³-hybridized carbons (Fsp3) is 0.667. The first-order valence-electron chi connectivity index (χ1n) is 6.02. The number of aromatic nitrogens is 2. The van der Waals surface area contributed by atoms with Crippen molar-refractivity contribution in [2.24, 2.45) is 5.92 Å². The lowest BCUT2D eigenvalue weighted by Crippen LogP contribution is -2.07. The second-order valence-electron chi connectivity index (χ2n) is 4.29. The Labute approximate surface area is 102 Å². The topological polar surface area (TPSA) is 56.3 Å². The second-order valence-corrected chi connectivity index (χ2v) is 4.29. The van der Waals surface area contributed by atoms with E-state index in [4.69, 9.17) is 9.47 Å². The van der Waals surface area contributed by atoms with Crippen LogP contribution in [-0.2, 0) is 0 Å². The zero-order valence-corrected chi connectivity index (χ0v) is 10.4. The van der Waals surface area contributed by atoms with Crippen LogP contribution in [-0.4, -0.2) is 30.7 Å². The van der Waals surface area contributed by atoms with Crippen LogP contribution in [0.1, 0.15) is 25.7 Å². The molecule has 0 unspecified atom stereocenters. The highest BCUT2D eigenvalue weighted by Gasteiger charge is 2.19. The minimum absolute atomic E-state index is 0.515. The Morgan fingerprint density at radius 2 is 1.88 bits per heavy atom. The molecule has 1 aromatic heterocycles. The van der Waals surface area contributed by atoms with E-state index in [1.54, 1.807) is 20.3 Å². The van der Waals surface area contributed by atoms with Gasteiger partial charge in [0.05, 0.1) is 20.3 Å². The number of nitrogens with one attached hydrogen (secondary N) is 1. The van der Waals surface area contributed by atoms with Gasteiger partial charge in [-0.15, -0.1) is 0 Å². The summed E-state index contributed by atoms with van der Waals surface area (Å²) in [5, 5.41) is 3.20. The summed E-state index contributed by atoms with van der Waals surface area (Å²) < 4.78 is 10.2. The molecule has 1 heterocycles. The fourth-order valence-electron chi connectivity index (χ4n) is 1.69. The normalized spacial score (nSPS) is 14.5. The van der Waals surface area contributed by atoms with Crippen LogP contribution in [0.4, 0.5) is 5.95 Å². The highest BCUT2D eigenvalue weighted by Crippen LogP contribution is 2.33. The van der Waals surface area contributed by atoms with E-state index in [9.17, 15) is 0 Å². The molecule has 5 nitrogen and oxygen atoms in total. The Morgan fingerprint density at radius 3 is 2.41 bits per heavy atom. The molecule has 2 rings (SSSR count). The van der Waals surface area contributed by atoms with Crippen molar-refractivity contribution in [3.63, 3.8) is 0 Å². The van der Waals surface area contributed by atoms with Gasteiger partial charge in [-0.3, -0.25) is 0 Å². The van der Waals surface area contributed by atoms with Crippen molar-refractivity contribution in [3.05, 3.63) is 6.07 Å². The molecule has 0 aromatic carbocycles. The molecule has 1 aliphatic carbocycles. The summed E-state index contributed by atoms with van der Waals surface area (Å²) in [5.41, 5.74) is 0. The number of rotatable bonds is 7. The Hall–Kier alpha value is -1.52. The number of methoxy groups -OCH3 is 2. The van der Waals surface area contributed by atoms with Crippen LogP contribution in [0.5, 0.6) is 11.8 Å². The van der Waals surface area contributed by atoms with Gasteiger partial charge in [0.15, 0.2) is 0 Å². The summed E-state index contributed by atoms with van der Waals surface area (Å²) in [4.78, 5) is 8.42. The zero-order valence-electron chi connectivity index (χ0n) is 10.4. The number of nitrogens with zero attached hydrogens (tertiary/aromatic N) is 2. The molecule has 0 aliphatic heterocycles. The maximum atomic E-state index is 5.08. The van der Waals surface area contributed by atoms with Crippen LogP contribution in [0.3, 0.4) is 0 Å². The van der Waals surface area contributed by atoms with Gasteiger partial charge in [0, 0.05) is 6.54 Å². The lowest BCUT2D eigenvalue weighted by atomic mass is 10.2. The van der Waals surface area contributed by atoms with E-state index in [0.717, 1.165) is 18.9 Å². The molecule has 1 aromatic rings. The van der Waals surface area contributed by atoms with E-state index < -0.39 is 0 Å². The molecule has 0 atom stereocenters. The molecular formula is C12H19N3O2. The smallest absolute Gasteiger partial charge is 0.229 e. The predicted molar refractivity (Wildman–Crippen MR) is 65.6 cm³/mol. The third-order valence-electron chi connectivity index (χ3n) is 2.87. The van der Waals surface area contributed by atoms with Crippen LogP contribution in [0.15, 0.2) is 6.07 Å². The molecule has 1 fully saturated rings. The predicted octanol–water partition coefficient (Wildman–Crippen LogP) is 2.10. The molecule has 0 amide bonds. The maximum Gasteiger partial charge on any atom is 0.229 e. The lowest BCUT2D eigenvalue weighted by Gasteiger charge is -2.08. The van der Waals surface area contributed by atoms with Gasteiger partial charge in [0.1, 0.15) is 0 Å². The SMILES string of the molecule is COc1cc(OC)nc(NCCCC2CC2)n1. The van der Waals surface area contributed by atoms with Gasteiger partial charge in [-0.05, 0) is 18.8 Å². The Bertz CT molecular complexity index is 345. The molecule has 5 heteroatoms. The van der Waals surface area contributed by atoms with Crippen LogP contribution in [0.2, 0.25) is 0 Å². The number of anilines is 1. The molecule has 0 spiro atoms. The first kappa shape index (κ1) is 12.0. The Balaban J connectivity index is 1.84. The van der Waals surface area contributed by atoms with Crippen molar-refractivity contribution in [2.75, 3.05) is 26.1 Å². The summed E-state index contributed by atoms with van der Waals surface area (Å²) in [6.07, 6.45) is 5.27. The largest absolute Gasteiger partial charge is 0.481 e. The maximum absolute atomic E-state index is 5.08. The van der Waals surface area contributed by atoms with Crippen molar-refractivity contribution in [1.29, 1.82) is 0 Å². The summed E-state index contributed by atoms with van der Waals surface area (Å²) >= 11 is 0. The zero-order chi connectivity index (χ0) is 12.1. The first-order chi connectivity index (χ1) is 8.31. The Morgan fingerprint density at radius 1 is 1.24 bits per heavy atom. The summed E-state index contributed by atoms with van der Waals surface area (Å²) in [6.45, 7) is 0.896. The van der Waals surface area contributed by atoms with E-state index >= 15 is 0 Å². The van der Waals surface area contributed by atoms with Gasteiger partial charge in [0.2, 0.25) is 17.7 Å². The van der Waals surface area contributed by atoms with Crippen molar-refractivity contribution >= 4 is 5.95 Å². The third-order valence-corrected chi connectivity index (χ3v) is 2.87. The monoisotopic (exact) mass is 237 g/mol. The minimum atomic E-state index is 0.515. The van der Waals surface area contributed by atoms with E-state index in [1.165, 1.54) is 19.3 Å².